The molecule has 0 unspecified atom stereocenters. The molecule has 0 spiro atoms. The van der Waals surface area contributed by atoms with Crippen molar-refractivity contribution in [3.8, 4) is 5.75 Å². The van der Waals surface area contributed by atoms with Crippen molar-refractivity contribution in [3.63, 3.8) is 0 Å². The first kappa shape index (κ1) is 19.3. The number of rotatable bonds is 4. The first-order valence-corrected chi connectivity index (χ1v) is 9.58. The molecule has 2 aromatic carbocycles. The third kappa shape index (κ3) is 4.19. The number of anilines is 1. The van der Waals surface area contributed by atoms with Gasteiger partial charge < -0.3 is 15.0 Å². The number of carbonyl (C=O) groups is 2. The maximum absolute atomic E-state index is 12.7. The fourth-order valence-corrected chi connectivity index (χ4v) is 4.21. The molecular formula is C20H15F3N2O3S. The number of benzene rings is 2. The molecule has 5 nitrogen and oxygen atoms in total. The number of amides is 2. The molecule has 3 aromatic rings. The van der Waals surface area contributed by atoms with Crippen LogP contribution in [0.15, 0.2) is 54.6 Å². The van der Waals surface area contributed by atoms with Crippen LogP contribution >= 0.6 is 11.3 Å². The Labute approximate surface area is 167 Å². The van der Waals surface area contributed by atoms with Crippen LogP contribution in [0.25, 0.3) is 10.1 Å². The number of halogens is 3. The van der Waals surface area contributed by atoms with Gasteiger partial charge in [0.15, 0.2) is 0 Å². The zero-order valence-corrected chi connectivity index (χ0v) is 15.7. The third-order valence-corrected chi connectivity index (χ3v) is 5.64. The van der Waals surface area contributed by atoms with E-state index in [9.17, 15) is 22.8 Å². The lowest BCUT2D eigenvalue weighted by Gasteiger charge is -2.18. The molecule has 4 rings (SSSR count). The maximum atomic E-state index is 12.7. The molecule has 1 aromatic heterocycles. The normalized spacial score (nSPS) is 17.0. The SMILES string of the molecule is O=C(N[C@H]1CCN(c2cccc(OC(F)(F)F)c2)C1=O)c1cc2ccccc2s1. The third-order valence-electron chi connectivity index (χ3n) is 4.52. The van der Waals surface area contributed by atoms with Crippen LogP contribution in [0.3, 0.4) is 0 Å². The van der Waals surface area contributed by atoms with Crippen LogP contribution in [-0.2, 0) is 4.79 Å². The number of hydrogen-bond donors (Lipinski definition) is 1. The summed E-state index contributed by atoms with van der Waals surface area (Å²) in [7, 11) is 0. The molecule has 1 saturated heterocycles. The summed E-state index contributed by atoms with van der Waals surface area (Å²) >= 11 is 1.33. The van der Waals surface area contributed by atoms with Crippen LogP contribution in [0, 0.1) is 0 Å². The standard InChI is InChI=1S/C20H15F3N2O3S/c21-20(22,23)28-14-6-3-5-13(11-14)25-9-8-15(19(25)27)24-18(26)17-10-12-4-1-2-7-16(12)29-17/h1-7,10-11,15H,8-9H2,(H,24,26)/t15-/m0/s1. The van der Waals surface area contributed by atoms with E-state index in [0.717, 1.165) is 22.2 Å². The lowest BCUT2D eigenvalue weighted by atomic mass is 10.2. The summed E-state index contributed by atoms with van der Waals surface area (Å²) in [6, 6.07) is 13.8. The maximum Gasteiger partial charge on any atom is 0.573 e. The minimum absolute atomic E-state index is 0.283. The summed E-state index contributed by atoms with van der Waals surface area (Å²) < 4.78 is 42.1. The highest BCUT2D eigenvalue weighted by molar-refractivity contribution is 7.20. The minimum atomic E-state index is -4.81. The lowest BCUT2D eigenvalue weighted by molar-refractivity contribution is -0.274. The van der Waals surface area contributed by atoms with Gasteiger partial charge in [-0.25, -0.2) is 0 Å². The molecule has 0 aliphatic carbocycles. The molecule has 150 valence electrons. The van der Waals surface area contributed by atoms with Gasteiger partial charge in [-0.05, 0) is 36.1 Å². The van der Waals surface area contributed by atoms with Gasteiger partial charge in [-0.15, -0.1) is 24.5 Å². The van der Waals surface area contributed by atoms with Crippen molar-refractivity contribution < 1.29 is 27.5 Å². The quantitative estimate of drug-likeness (QED) is 0.683. The molecule has 9 heteroatoms. The number of carbonyl (C=O) groups excluding carboxylic acids is 2. The van der Waals surface area contributed by atoms with E-state index in [4.69, 9.17) is 0 Å². The van der Waals surface area contributed by atoms with Gasteiger partial charge in [0.25, 0.3) is 5.91 Å². The molecule has 29 heavy (non-hydrogen) atoms. The Kier molecular flexibility index (Phi) is 4.91. The van der Waals surface area contributed by atoms with E-state index in [-0.39, 0.29) is 24.0 Å². The fraction of sp³-hybridized carbons (Fsp3) is 0.200. The number of ether oxygens (including phenoxy) is 1. The second-order valence-corrected chi connectivity index (χ2v) is 7.58. The van der Waals surface area contributed by atoms with Gasteiger partial charge in [-0.2, -0.15) is 0 Å². The molecule has 1 N–H and O–H groups in total. The summed E-state index contributed by atoms with van der Waals surface area (Å²) in [5.41, 5.74) is 0.287. The van der Waals surface area contributed by atoms with E-state index in [0.29, 0.717) is 11.3 Å². The van der Waals surface area contributed by atoms with Crippen LogP contribution in [0.5, 0.6) is 5.75 Å². The Morgan fingerprint density at radius 2 is 1.93 bits per heavy atom. The van der Waals surface area contributed by atoms with Gasteiger partial charge in [0.2, 0.25) is 5.91 Å². The number of alkyl halides is 3. The molecule has 2 heterocycles. The predicted molar refractivity (Wildman–Crippen MR) is 103 cm³/mol. The largest absolute Gasteiger partial charge is 0.573 e. The topological polar surface area (TPSA) is 58.6 Å². The number of thiophene rings is 1. The second-order valence-electron chi connectivity index (χ2n) is 6.50. The van der Waals surface area contributed by atoms with Crippen molar-refractivity contribution in [2.24, 2.45) is 0 Å². The van der Waals surface area contributed by atoms with Gasteiger partial charge in [0.05, 0.1) is 4.88 Å². The zero-order chi connectivity index (χ0) is 20.6. The molecular weight excluding hydrogens is 405 g/mol. The van der Waals surface area contributed by atoms with Gasteiger partial charge >= 0.3 is 6.36 Å². The Morgan fingerprint density at radius 1 is 1.14 bits per heavy atom. The average molecular weight is 420 g/mol. The number of hydrogen-bond acceptors (Lipinski definition) is 4. The first-order valence-electron chi connectivity index (χ1n) is 8.77. The molecule has 1 fully saturated rings. The summed E-state index contributed by atoms with van der Waals surface area (Å²) in [4.78, 5) is 27.1. The van der Waals surface area contributed by atoms with Crippen molar-refractivity contribution in [1.29, 1.82) is 0 Å². The smallest absolute Gasteiger partial charge is 0.406 e. The van der Waals surface area contributed by atoms with Gasteiger partial charge in [0.1, 0.15) is 11.8 Å². The van der Waals surface area contributed by atoms with Crippen LogP contribution in [0.4, 0.5) is 18.9 Å². The van der Waals surface area contributed by atoms with Gasteiger partial charge in [-0.3, -0.25) is 9.59 Å². The van der Waals surface area contributed by atoms with Crippen LogP contribution < -0.4 is 15.0 Å². The van der Waals surface area contributed by atoms with Crippen LogP contribution in [0.1, 0.15) is 16.1 Å². The summed E-state index contributed by atoms with van der Waals surface area (Å²) in [5, 5.41) is 3.68. The predicted octanol–water partition coefficient (Wildman–Crippen LogP) is 4.34. The molecule has 0 saturated carbocycles. The highest BCUT2D eigenvalue weighted by Gasteiger charge is 2.35. The van der Waals surface area contributed by atoms with E-state index in [1.165, 1.54) is 28.4 Å². The van der Waals surface area contributed by atoms with Crippen LogP contribution in [-0.4, -0.2) is 30.8 Å². The van der Waals surface area contributed by atoms with Crippen molar-refractivity contribution in [2.75, 3.05) is 11.4 Å². The van der Waals surface area contributed by atoms with Crippen LogP contribution in [0.2, 0.25) is 0 Å². The van der Waals surface area contributed by atoms with E-state index < -0.39 is 18.2 Å². The first-order chi connectivity index (χ1) is 13.8. The highest BCUT2D eigenvalue weighted by Crippen LogP contribution is 2.30. The molecule has 2 amide bonds. The molecule has 1 atom stereocenters. The highest BCUT2D eigenvalue weighted by atomic mass is 32.1. The fourth-order valence-electron chi connectivity index (χ4n) is 3.24. The summed E-state index contributed by atoms with van der Waals surface area (Å²) in [6.45, 7) is 0.283. The van der Waals surface area contributed by atoms with E-state index in [2.05, 4.69) is 10.1 Å². The zero-order valence-electron chi connectivity index (χ0n) is 14.9. The summed E-state index contributed by atoms with van der Waals surface area (Å²) in [6.07, 6.45) is -4.45. The number of nitrogens with one attached hydrogen (secondary N) is 1. The van der Waals surface area contributed by atoms with Gasteiger partial charge in [0, 0.05) is 23.0 Å². The van der Waals surface area contributed by atoms with E-state index >= 15 is 0 Å². The Balaban J connectivity index is 1.46. The molecule has 1 aliphatic rings. The lowest BCUT2D eigenvalue weighted by Crippen LogP contribution is -2.41. The average Bonchev–Trinajstić information content (AvgIpc) is 3.25. The monoisotopic (exact) mass is 420 g/mol. The van der Waals surface area contributed by atoms with Crippen molar-refractivity contribution in [1.82, 2.24) is 5.32 Å². The van der Waals surface area contributed by atoms with E-state index in [1.54, 1.807) is 6.07 Å². The van der Waals surface area contributed by atoms with Crippen molar-refractivity contribution >= 4 is 38.9 Å². The molecule has 1 aliphatic heterocycles. The Hall–Kier alpha value is -3.07. The van der Waals surface area contributed by atoms with Crippen molar-refractivity contribution in [3.05, 3.63) is 59.5 Å². The Bertz CT molecular complexity index is 1050. The summed E-state index contributed by atoms with van der Waals surface area (Å²) in [5.74, 6) is -1.12. The molecule has 0 bridgehead atoms. The Morgan fingerprint density at radius 3 is 2.69 bits per heavy atom. The van der Waals surface area contributed by atoms with Gasteiger partial charge in [-0.1, -0.05) is 24.3 Å². The van der Waals surface area contributed by atoms with E-state index in [1.807, 2.05) is 24.3 Å². The molecule has 0 radical (unpaired) electrons. The van der Waals surface area contributed by atoms with Crippen molar-refractivity contribution in [2.45, 2.75) is 18.8 Å². The second kappa shape index (κ2) is 7.40. The minimum Gasteiger partial charge on any atom is -0.406 e. The number of fused-ring (bicyclic) bond motifs is 1. The number of nitrogens with zero attached hydrogens (tertiary/aromatic N) is 1.